The molecule has 0 aromatic carbocycles. The molecule has 2 aromatic rings. The van der Waals surface area contributed by atoms with Gasteiger partial charge in [-0.2, -0.15) is 5.26 Å². The van der Waals surface area contributed by atoms with Crippen molar-refractivity contribution in [3.63, 3.8) is 0 Å². The minimum atomic E-state index is 0.632. The van der Waals surface area contributed by atoms with Crippen molar-refractivity contribution in [3.8, 4) is 11.1 Å². The van der Waals surface area contributed by atoms with Gasteiger partial charge in [-0.3, -0.25) is 0 Å². The third kappa shape index (κ3) is 1.67. The Labute approximate surface area is 97.3 Å². The number of nitriles is 1. The minimum absolute atomic E-state index is 0.632. The van der Waals surface area contributed by atoms with Gasteiger partial charge < -0.3 is 4.57 Å². The summed E-state index contributed by atoms with van der Waals surface area (Å²) in [5.74, 6) is 0. The molecule has 0 saturated carbocycles. The lowest BCUT2D eigenvalue weighted by molar-refractivity contribution is 0.983. The molecule has 2 aromatic heterocycles. The molecule has 0 spiro atoms. The van der Waals surface area contributed by atoms with E-state index in [2.05, 4.69) is 10.6 Å². The van der Waals surface area contributed by atoms with Gasteiger partial charge in [0.05, 0.1) is 9.90 Å². The van der Waals surface area contributed by atoms with Crippen molar-refractivity contribution in [1.29, 1.82) is 5.26 Å². The molecule has 4 heteroatoms. The Bertz CT molecular complexity index is 526. The molecule has 2 heterocycles. The SMILES string of the molecule is Cc1ccc(C)n1-c1sc(Cl)cc1C#N. The van der Waals surface area contributed by atoms with E-state index in [9.17, 15) is 0 Å². The molecule has 76 valence electrons. The van der Waals surface area contributed by atoms with Gasteiger partial charge in [0.15, 0.2) is 0 Å². The molecule has 0 aliphatic heterocycles. The lowest BCUT2D eigenvalue weighted by Crippen LogP contribution is -1.97. The molecule has 0 unspecified atom stereocenters. The predicted molar refractivity (Wildman–Crippen MR) is 62.8 cm³/mol. The van der Waals surface area contributed by atoms with Gasteiger partial charge in [0, 0.05) is 11.4 Å². The highest BCUT2D eigenvalue weighted by Crippen LogP contribution is 2.31. The summed E-state index contributed by atoms with van der Waals surface area (Å²) in [7, 11) is 0. The summed E-state index contributed by atoms with van der Waals surface area (Å²) >= 11 is 7.35. The first kappa shape index (κ1) is 10.3. The first-order valence-corrected chi connectivity index (χ1v) is 5.67. The van der Waals surface area contributed by atoms with Gasteiger partial charge >= 0.3 is 0 Å². The van der Waals surface area contributed by atoms with Crippen LogP contribution in [0.5, 0.6) is 0 Å². The van der Waals surface area contributed by atoms with Crippen LogP contribution in [0, 0.1) is 25.2 Å². The minimum Gasteiger partial charge on any atom is -0.309 e. The Morgan fingerprint density at radius 2 is 1.93 bits per heavy atom. The zero-order valence-electron chi connectivity index (χ0n) is 8.41. The van der Waals surface area contributed by atoms with Crippen molar-refractivity contribution < 1.29 is 0 Å². The van der Waals surface area contributed by atoms with E-state index in [0.717, 1.165) is 16.4 Å². The molecule has 0 saturated heterocycles. The summed E-state index contributed by atoms with van der Waals surface area (Å²) in [6.45, 7) is 4.03. The monoisotopic (exact) mass is 236 g/mol. The van der Waals surface area contributed by atoms with Gasteiger partial charge in [-0.25, -0.2) is 0 Å². The van der Waals surface area contributed by atoms with Gasteiger partial charge in [0.25, 0.3) is 0 Å². The topological polar surface area (TPSA) is 28.7 Å². The average molecular weight is 237 g/mol. The van der Waals surface area contributed by atoms with Gasteiger partial charge in [-0.05, 0) is 32.0 Å². The third-order valence-corrected chi connectivity index (χ3v) is 3.53. The molecule has 0 N–H and O–H groups in total. The van der Waals surface area contributed by atoms with E-state index in [0.29, 0.717) is 9.90 Å². The maximum atomic E-state index is 9.00. The fourth-order valence-electron chi connectivity index (χ4n) is 1.59. The van der Waals surface area contributed by atoms with Crippen LogP contribution in [-0.4, -0.2) is 4.57 Å². The zero-order valence-corrected chi connectivity index (χ0v) is 9.99. The summed E-state index contributed by atoms with van der Waals surface area (Å²) in [6, 6.07) is 7.94. The summed E-state index contributed by atoms with van der Waals surface area (Å²) in [6.07, 6.45) is 0. The second-order valence-electron chi connectivity index (χ2n) is 3.33. The van der Waals surface area contributed by atoms with E-state index in [1.807, 2.05) is 26.0 Å². The van der Waals surface area contributed by atoms with E-state index < -0.39 is 0 Å². The summed E-state index contributed by atoms with van der Waals surface area (Å²) < 4.78 is 2.70. The van der Waals surface area contributed by atoms with Crippen molar-refractivity contribution in [2.24, 2.45) is 0 Å². The maximum absolute atomic E-state index is 9.00. The van der Waals surface area contributed by atoms with E-state index in [1.54, 1.807) is 6.07 Å². The van der Waals surface area contributed by atoms with Crippen LogP contribution in [0.15, 0.2) is 18.2 Å². The summed E-state index contributed by atoms with van der Waals surface area (Å²) in [5.41, 5.74) is 2.86. The highest BCUT2D eigenvalue weighted by molar-refractivity contribution is 7.18. The number of nitrogens with zero attached hydrogens (tertiary/aromatic N) is 2. The number of aryl methyl sites for hydroxylation is 2. The molecule has 0 aliphatic carbocycles. The van der Waals surface area contributed by atoms with Gasteiger partial charge in [0.1, 0.15) is 11.1 Å². The van der Waals surface area contributed by atoms with Gasteiger partial charge in [-0.1, -0.05) is 11.6 Å². The van der Waals surface area contributed by atoms with Crippen LogP contribution in [-0.2, 0) is 0 Å². The van der Waals surface area contributed by atoms with Crippen molar-refractivity contribution in [3.05, 3.63) is 39.5 Å². The molecular formula is C11H9ClN2S. The van der Waals surface area contributed by atoms with Crippen LogP contribution < -0.4 is 0 Å². The lowest BCUT2D eigenvalue weighted by Gasteiger charge is -2.06. The van der Waals surface area contributed by atoms with E-state index in [1.165, 1.54) is 11.3 Å². The normalized spacial score (nSPS) is 10.3. The fourth-order valence-corrected chi connectivity index (χ4v) is 2.87. The Balaban J connectivity index is 2.69. The number of rotatable bonds is 1. The van der Waals surface area contributed by atoms with Crippen molar-refractivity contribution in [2.45, 2.75) is 13.8 Å². The van der Waals surface area contributed by atoms with E-state index in [-0.39, 0.29) is 0 Å². The van der Waals surface area contributed by atoms with Crippen LogP contribution in [0.4, 0.5) is 0 Å². The number of aromatic nitrogens is 1. The van der Waals surface area contributed by atoms with Crippen molar-refractivity contribution >= 4 is 22.9 Å². The third-order valence-electron chi connectivity index (χ3n) is 2.28. The van der Waals surface area contributed by atoms with E-state index in [4.69, 9.17) is 16.9 Å². The van der Waals surface area contributed by atoms with E-state index >= 15 is 0 Å². The predicted octanol–water partition coefficient (Wildman–Crippen LogP) is 3.68. The zero-order chi connectivity index (χ0) is 11.0. The Morgan fingerprint density at radius 1 is 1.33 bits per heavy atom. The smallest absolute Gasteiger partial charge is 0.119 e. The standard InChI is InChI=1S/C11H9ClN2S/c1-7-3-4-8(2)14(7)11-9(6-13)5-10(12)15-11/h3-5H,1-2H3. The number of hydrogen-bond acceptors (Lipinski definition) is 2. The second kappa shape index (κ2) is 3.73. The molecular weight excluding hydrogens is 228 g/mol. The van der Waals surface area contributed by atoms with Crippen LogP contribution in [0.2, 0.25) is 4.34 Å². The highest BCUT2D eigenvalue weighted by Gasteiger charge is 2.12. The molecule has 0 bridgehead atoms. The second-order valence-corrected chi connectivity index (χ2v) is 4.99. The lowest BCUT2D eigenvalue weighted by atomic mass is 10.3. The largest absolute Gasteiger partial charge is 0.309 e. The molecule has 2 nitrogen and oxygen atoms in total. The molecule has 0 radical (unpaired) electrons. The molecule has 0 aliphatic rings. The van der Waals surface area contributed by atoms with Crippen molar-refractivity contribution in [2.75, 3.05) is 0 Å². The number of hydrogen-bond donors (Lipinski definition) is 0. The van der Waals surface area contributed by atoms with Gasteiger partial charge in [-0.15, -0.1) is 11.3 Å². The Kier molecular flexibility index (Phi) is 2.56. The first-order chi connectivity index (χ1) is 7.13. The molecule has 2 rings (SSSR count). The summed E-state index contributed by atoms with van der Waals surface area (Å²) in [4.78, 5) is 0. The number of thiophene rings is 1. The Hall–Kier alpha value is -1.24. The maximum Gasteiger partial charge on any atom is 0.119 e. The molecule has 15 heavy (non-hydrogen) atoms. The molecule has 0 fully saturated rings. The van der Waals surface area contributed by atoms with Gasteiger partial charge in [0.2, 0.25) is 0 Å². The molecule has 0 amide bonds. The summed E-state index contributed by atoms with van der Waals surface area (Å²) in [5, 5.41) is 9.90. The quantitative estimate of drug-likeness (QED) is 0.743. The Morgan fingerprint density at radius 3 is 2.47 bits per heavy atom. The van der Waals surface area contributed by atoms with Crippen LogP contribution in [0.25, 0.3) is 5.00 Å². The van der Waals surface area contributed by atoms with Crippen LogP contribution in [0.1, 0.15) is 17.0 Å². The van der Waals surface area contributed by atoms with Crippen molar-refractivity contribution in [1.82, 2.24) is 4.57 Å². The van der Waals surface area contributed by atoms with Crippen LogP contribution >= 0.6 is 22.9 Å². The fraction of sp³-hybridized carbons (Fsp3) is 0.182. The average Bonchev–Trinajstić information content (AvgIpc) is 2.70. The first-order valence-electron chi connectivity index (χ1n) is 4.48. The van der Waals surface area contributed by atoms with Crippen LogP contribution in [0.3, 0.4) is 0 Å². The molecule has 0 atom stereocenters. The highest BCUT2D eigenvalue weighted by atomic mass is 35.5. The number of halogens is 1.